The summed E-state index contributed by atoms with van der Waals surface area (Å²) in [4.78, 5) is 15.8. The van der Waals surface area contributed by atoms with Gasteiger partial charge in [-0.3, -0.25) is 4.79 Å². The molecule has 1 saturated heterocycles. The molecular weight excluding hydrogens is 540 g/mol. The van der Waals surface area contributed by atoms with E-state index in [1.165, 1.54) is 5.56 Å². The number of piperidine rings is 1. The molecule has 3 aromatic carbocycles. The van der Waals surface area contributed by atoms with Gasteiger partial charge in [0.2, 0.25) is 0 Å². The Labute approximate surface area is 250 Å². The van der Waals surface area contributed by atoms with Crippen LogP contribution in [0, 0.1) is 5.92 Å². The lowest BCUT2D eigenvalue weighted by atomic mass is 9.94. The van der Waals surface area contributed by atoms with E-state index in [0.717, 1.165) is 37.2 Å². The molecule has 222 valence electrons. The number of nitrogens with one attached hydrogen (secondary N) is 1. The predicted octanol–water partition coefficient (Wildman–Crippen LogP) is 6.11. The number of hydrogen-bond acceptors (Lipinski definition) is 6. The van der Waals surface area contributed by atoms with Crippen molar-refractivity contribution in [2.45, 2.75) is 38.8 Å². The van der Waals surface area contributed by atoms with Crippen LogP contribution in [0.15, 0.2) is 72.8 Å². The van der Waals surface area contributed by atoms with Crippen molar-refractivity contribution in [2.75, 3.05) is 47.1 Å². The highest BCUT2D eigenvalue weighted by Crippen LogP contribution is 2.30. The molecule has 0 unspecified atom stereocenters. The third-order valence-electron chi connectivity index (χ3n) is 7.19. The van der Waals surface area contributed by atoms with Crippen LogP contribution in [-0.2, 0) is 4.74 Å². The Morgan fingerprint density at radius 1 is 0.902 bits per heavy atom. The average Bonchev–Trinajstić information content (AvgIpc) is 2.99. The molecule has 0 bridgehead atoms. The third kappa shape index (κ3) is 8.86. The second-order valence-corrected chi connectivity index (χ2v) is 10.5. The van der Waals surface area contributed by atoms with Gasteiger partial charge in [-0.15, -0.1) is 12.4 Å². The summed E-state index contributed by atoms with van der Waals surface area (Å²) in [5.41, 5.74) is 2.89. The van der Waals surface area contributed by atoms with Crippen molar-refractivity contribution in [3.63, 3.8) is 0 Å². The summed E-state index contributed by atoms with van der Waals surface area (Å²) in [7, 11) is 3.27. The molecule has 7 nitrogen and oxygen atoms in total. The zero-order valence-corrected chi connectivity index (χ0v) is 25.3. The Bertz CT molecular complexity index is 1220. The number of methoxy groups -OCH3 is 2. The summed E-state index contributed by atoms with van der Waals surface area (Å²) >= 11 is 0. The molecule has 41 heavy (non-hydrogen) atoms. The van der Waals surface area contributed by atoms with Crippen LogP contribution in [0.4, 0.5) is 0 Å². The molecule has 1 aliphatic heterocycles. The lowest BCUT2D eigenvalue weighted by molar-refractivity contribution is 0.0509. The number of rotatable bonds is 13. The van der Waals surface area contributed by atoms with Gasteiger partial charge < -0.3 is 29.2 Å². The van der Waals surface area contributed by atoms with Crippen molar-refractivity contribution in [2.24, 2.45) is 5.92 Å². The normalized spacial score (nSPS) is 16.5. The number of benzene rings is 3. The number of nitrogens with zero attached hydrogens (tertiary/aromatic N) is 1. The molecule has 0 aromatic heterocycles. The van der Waals surface area contributed by atoms with Gasteiger partial charge in [0.25, 0.3) is 5.91 Å². The molecule has 3 aromatic rings. The van der Waals surface area contributed by atoms with Crippen LogP contribution < -0.4 is 19.5 Å². The molecule has 4 rings (SSSR count). The lowest BCUT2D eigenvalue weighted by Crippen LogP contribution is -2.54. The molecule has 2 atom stereocenters. The SMILES string of the molecule is COCCCOc1cc(C(=O)N(C(C)C)[C@H]2CNC[C@@H](COc3cccc(-c4ccccc4)c3)C2)ccc1OC.Cl. The van der Waals surface area contributed by atoms with Crippen molar-refractivity contribution >= 4 is 18.3 Å². The fourth-order valence-electron chi connectivity index (χ4n) is 5.23. The first kappa shape index (κ1) is 32.3. The van der Waals surface area contributed by atoms with Gasteiger partial charge in [0.1, 0.15) is 5.75 Å². The van der Waals surface area contributed by atoms with Gasteiger partial charge >= 0.3 is 0 Å². The molecule has 1 heterocycles. The highest BCUT2D eigenvalue weighted by atomic mass is 35.5. The predicted molar refractivity (Wildman–Crippen MR) is 166 cm³/mol. The quantitative estimate of drug-likeness (QED) is 0.245. The lowest BCUT2D eigenvalue weighted by Gasteiger charge is -2.40. The van der Waals surface area contributed by atoms with Gasteiger partial charge in [-0.05, 0) is 61.7 Å². The van der Waals surface area contributed by atoms with E-state index in [-0.39, 0.29) is 36.3 Å². The summed E-state index contributed by atoms with van der Waals surface area (Å²) in [6, 6.07) is 24.0. The number of carbonyl (C=O) groups excluding carboxylic acids is 1. The first-order valence-electron chi connectivity index (χ1n) is 14.1. The van der Waals surface area contributed by atoms with Gasteiger partial charge in [0, 0.05) is 56.8 Å². The van der Waals surface area contributed by atoms with Gasteiger partial charge in [-0.2, -0.15) is 0 Å². The van der Waals surface area contributed by atoms with Crippen LogP contribution in [0.2, 0.25) is 0 Å². The van der Waals surface area contributed by atoms with Crippen LogP contribution >= 0.6 is 12.4 Å². The van der Waals surface area contributed by atoms with E-state index < -0.39 is 0 Å². The monoisotopic (exact) mass is 582 g/mol. The minimum atomic E-state index is -0.0108. The Hall–Kier alpha value is -3.26. The summed E-state index contributed by atoms with van der Waals surface area (Å²) in [6.45, 7) is 7.43. The zero-order valence-electron chi connectivity index (χ0n) is 24.5. The molecule has 0 spiro atoms. The van der Waals surface area contributed by atoms with E-state index in [9.17, 15) is 4.79 Å². The third-order valence-corrected chi connectivity index (χ3v) is 7.19. The maximum absolute atomic E-state index is 13.8. The Morgan fingerprint density at radius 3 is 2.41 bits per heavy atom. The van der Waals surface area contributed by atoms with Gasteiger partial charge in [0.15, 0.2) is 11.5 Å². The van der Waals surface area contributed by atoms with E-state index in [1.54, 1.807) is 26.4 Å². The molecule has 0 radical (unpaired) electrons. The topological polar surface area (TPSA) is 69.3 Å². The van der Waals surface area contributed by atoms with Crippen molar-refractivity contribution in [1.29, 1.82) is 0 Å². The summed E-state index contributed by atoms with van der Waals surface area (Å²) in [5, 5.41) is 3.54. The van der Waals surface area contributed by atoms with E-state index in [2.05, 4.69) is 43.4 Å². The molecule has 0 aliphatic carbocycles. The average molecular weight is 583 g/mol. The second-order valence-electron chi connectivity index (χ2n) is 10.5. The van der Waals surface area contributed by atoms with Crippen molar-refractivity contribution in [1.82, 2.24) is 10.2 Å². The maximum atomic E-state index is 13.8. The van der Waals surface area contributed by atoms with Gasteiger partial charge in [-0.25, -0.2) is 0 Å². The molecule has 1 amide bonds. The molecule has 1 aliphatic rings. The standard InChI is InChI=1S/C33H42N2O5.ClH/c1-24(2)35(33(36)28-14-15-31(38-4)32(20-28)39-17-9-16-37-3)29-18-25(21-34-22-29)23-40-30-13-8-12-27(19-30)26-10-6-5-7-11-26;/h5-8,10-15,19-20,24-25,29,34H,9,16-18,21-23H2,1-4H3;1H/t25-,29+;/m0./s1. The first-order valence-corrected chi connectivity index (χ1v) is 14.1. The highest BCUT2D eigenvalue weighted by molar-refractivity contribution is 5.95. The number of carbonyl (C=O) groups is 1. The second kappa shape index (κ2) is 16.2. The van der Waals surface area contributed by atoms with Crippen molar-refractivity contribution in [3.05, 3.63) is 78.4 Å². The Kier molecular flexibility index (Phi) is 12.8. The van der Waals surface area contributed by atoms with E-state index in [4.69, 9.17) is 18.9 Å². The number of halogens is 1. The minimum Gasteiger partial charge on any atom is -0.493 e. The first-order chi connectivity index (χ1) is 19.5. The molecule has 0 saturated carbocycles. The fraction of sp³-hybridized carbons (Fsp3) is 0.424. The molecular formula is C33H43ClN2O5. The summed E-state index contributed by atoms with van der Waals surface area (Å²) in [5.74, 6) is 2.31. The maximum Gasteiger partial charge on any atom is 0.254 e. The number of hydrogen-bond donors (Lipinski definition) is 1. The molecule has 1 N–H and O–H groups in total. The summed E-state index contributed by atoms with van der Waals surface area (Å²) < 4.78 is 22.8. The Balaban J connectivity index is 0.00000462. The van der Waals surface area contributed by atoms with Crippen molar-refractivity contribution in [3.8, 4) is 28.4 Å². The minimum absolute atomic E-state index is 0. The molecule has 8 heteroatoms. The van der Waals surface area contributed by atoms with E-state index >= 15 is 0 Å². The Morgan fingerprint density at radius 2 is 1.68 bits per heavy atom. The van der Waals surface area contributed by atoms with E-state index in [1.807, 2.05) is 41.3 Å². The van der Waals surface area contributed by atoms with Crippen LogP contribution in [-0.4, -0.2) is 70.0 Å². The largest absolute Gasteiger partial charge is 0.493 e. The van der Waals surface area contributed by atoms with Gasteiger partial charge in [0.05, 0.1) is 20.3 Å². The van der Waals surface area contributed by atoms with Crippen LogP contribution in [0.5, 0.6) is 17.2 Å². The summed E-state index contributed by atoms with van der Waals surface area (Å²) in [6.07, 6.45) is 1.62. The van der Waals surface area contributed by atoms with Crippen LogP contribution in [0.25, 0.3) is 11.1 Å². The van der Waals surface area contributed by atoms with Crippen LogP contribution in [0.1, 0.15) is 37.0 Å². The fourth-order valence-corrected chi connectivity index (χ4v) is 5.23. The smallest absolute Gasteiger partial charge is 0.254 e. The van der Waals surface area contributed by atoms with E-state index in [0.29, 0.717) is 36.9 Å². The zero-order chi connectivity index (χ0) is 28.3. The van der Waals surface area contributed by atoms with Crippen molar-refractivity contribution < 1.29 is 23.7 Å². The van der Waals surface area contributed by atoms with Gasteiger partial charge in [-0.1, -0.05) is 42.5 Å². The number of ether oxygens (including phenoxy) is 4. The molecule has 1 fully saturated rings. The van der Waals surface area contributed by atoms with Crippen LogP contribution in [0.3, 0.4) is 0 Å². The highest BCUT2D eigenvalue weighted by Gasteiger charge is 2.32. The number of amides is 1.